The zero-order valence-corrected chi connectivity index (χ0v) is 21.2. The summed E-state index contributed by atoms with van der Waals surface area (Å²) in [5, 5.41) is 3.31. The van der Waals surface area contributed by atoms with Gasteiger partial charge in [-0.25, -0.2) is 4.79 Å². The lowest BCUT2D eigenvalue weighted by Crippen LogP contribution is -2.34. The molecule has 0 unspecified atom stereocenters. The highest BCUT2D eigenvalue weighted by atomic mass is 79.9. The molecule has 1 aliphatic heterocycles. The van der Waals surface area contributed by atoms with E-state index in [4.69, 9.17) is 14.2 Å². The average Bonchev–Trinajstić information content (AvgIpc) is 2.82. The fourth-order valence-corrected chi connectivity index (χ4v) is 4.98. The molecule has 0 radical (unpaired) electrons. The number of carbonyl (C=O) groups excluding carboxylic acids is 2. The zero-order chi connectivity index (χ0) is 24.2. The number of carbonyl (C=O) groups is 2. The third kappa shape index (κ3) is 4.89. The van der Waals surface area contributed by atoms with Gasteiger partial charge in [0.25, 0.3) is 0 Å². The smallest absolute Gasteiger partial charge is 0.336 e. The second kappa shape index (κ2) is 10.5. The van der Waals surface area contributed by atoms with Crippen molar-refractivity contribution < 1.29 is 23.8 Å². The number of dihydropyridines is 1. The Hall–Kier alpha value is -3.06. The number of benzene rings is 2. The van der Waals surface area contributed by atoms with E-state index in [2.05, 4.69) is 21.2 Å². The number of halogens is 1. The van der Waals surface area contributed by atoms with Crippen LogP contribution in [0.3, 0.4) is 0 Å². The number of nitrogens with one attached hydrogen (secondary N) is 1. The quantitative estimate of drug-likeness (QED) is 0.476. The number of hydrogen-bond donors (Lipinski definition) is 1. The molecule has 2 aromatic rings. The minimum absolute atomic E-state index is 0.0656. The van der Waals surface area contributed by atoms with Gasteiger partial charge in [-0.15, -0.1) is 0 Å². The maximum absolute atomic E-state index is 13.1. The summed E-state index contributed by atoms with van der Waals surface area (Å²) in [7, 11) is 1.61. The van der Waals surface area contributed by atoms with E-state index in [9.17, 15) is 9.59 Å². The van der Waals surface area contributed by atoms with Crippen LogP contribution in [0.2, 0.25) is 0 Å². The number of ketones is 1. The topological polar surface area (TPSA) is 73.9 Å². The van der Waals surface area contributed by atoms with Crippen molar-refractivity contribution in [1.29, 1.82) is 0 Å². The van der Waals surface area contributed by atoms with Crippen molar-refractivity contribution in [2.45, 2.75) is 45.6 Å². The Balaban J connectivity index is 1.76. The van der Waals surface area contributed by atoms with E-state index in [-0.39, 0.29) is 19.0 Å². The molecular weight excluding hydrogens is 498 g/mol. The van der Waals surface area contributed by atoms with E-state index in [1.165, 1.54) is 0 Å². The van der Waals surface area contributed by atoms with Crippen LogP contribution >= 0.6 is 15.9 Å². The molecular formula is C27H28BrNO5. The molecule has 4 rings (SSSR count). The average molecular weight is 526 g/mol. The van der Waals surface area contributed by atoms with Gasteiger partial charge in [0, 0.05) is 39.3 Å². The van der Waals surface area contributed by atoms with E-state index in [0.29, 0.717) is 23.3 Å². The first-order valence-electron chi connectivity index (χ1n) is 11.4. The Morgan fingerprint density at radius 3 is 2.74 bits per heavy atom. The second-order valence-corrected chi connectivity index (χ2v) is 9.22. The lowest BCUT2D eigenvalue weighted by atomic mass is 9.75. The van der Waals surface area contributed by atoms with Crippen molar-refractivity contribution in [3.63, 3.8) is 0 Å². The molecule has 2 aromatic carbocycles. The number of rotatable bonds is 7. The summed E-state index contributed by atoms with van der Waals surface area (Å²) in [6, 6.07) is 13.4. The molecule has 178 valence electrons. The largest absolute Gasteiger partial charge is 0.496 e. The van der Waals surface area contributed by atoms with Gasteiger partial charge in [-0.05, 0) is 62.6 Å². The summed E-state index contributed by atoms with van der Waals surface area (Å²) in [6.45, 7) is 4.18. The predicted octanol–water partition coefficient (Wildman–Crippen LogP) is 5.57. The summed E-state index contributed by atoms with van der Waals surface area (Å²) in [6.07, 6.45) is 2.05. The Kier molecular flexibility index (Phi) is 7.41. The lowest BCUT2D eigenvalue weighted by Gasteiger charge is -2.34. The molecule has 7 heteroatoms. The van der Waals surface area contributed by atoms with Crippen molar-refractivity contribution in [2.75, 3.05) is 13.7 Å². The summed E-state index contributed by atoms with van der Waals surface area (Å²) in [5.74, 6) is 0.550. The summed E-state index contributed by atoms with van der Waals surface area (Å²) in [5.41, 5.74) is 4.41. The monoisotopic (exact) mass is 525 g/mol. The van der Waals surface area contributed by atoms with Crippen LogP contribution in [0, 0.1) is 0 Å². The van der Waals surface area contributed by atoms with Crippen LogP contribution in [0.25, 0.3) is 0 Å². The van der Waals surface area contributed by atoms with Crippen molar-refractivity contribution in [1.82, 2.24) is 5.32 Å². The van der Waals surface area contributed by atoms with Crippen molar-refractivity contribution in [3.05, 3.63) is 80.6 Å². The van der Waals surface area contributed by atoms with E-state index in [1.54, 1.807) is 14.0 Å². The molecule has 0 spiro atoms. The van der Waals surface area contributed by atoms with Crippen LogP contribution in [0.15, 0.2) is 69.5 Å². The second-order valence-electron chi connectivity index (χ2n) is 8.30. The van der Waals surface area contributed by atoms with Crippen molar-refractivity contribution >= 4 is 27.7 Å². The van der Waals surface area contributed by atoms with Gasteiger partial charge in [-0.3, -0.25) is 4.79 Å². The van der Waals surface area contributed by atoms with Gasteiger partial charge in [0.05, 0.1) is 19.3 Å². The molecule has 0 fully saturated rings. The van der Waals surface area contributed by atoms with Crippen LogP contribution in [-0.4, -0.2) is 25.5 Å². The Morgan fingerprint density at radius 2 is 2.00 bits per heavy atom. The number of esters is 1. The lowest BCUT2D eigenvalue weighted by molar-refractivity contribution is -0.138. The molecule has 1 heterocycles. The summed E-state index contributed by atoms with van der Waals surface area (Å²) in [4.78, 5) is 26.1. The van der Waals surface area contributed by atoms with Gasteiger partial charge < -0.3 is 19.5 Å². The fourth-order valence-electron chi connectivity index (χ4n) is 4.60. The van der Waals surface area contributed by atoms with Gasteiger partial charge in [-0.1, -0.05) is 28.1 Å². The molecule has 34 heavy (non-hydrogen) atoms. The highest BCUT2D eigenvalue weighted by Crippen LogP contribution is 2.43. The number of hydrogen-bond acceptors (Lipinski definition) is 6. The van der Waals surface area contributed by atoms with E-state index >= 15 is 0 Å². The molecule has 0 amide bonds. The van der Waals surface area contributed by atoms with Gasteiger partial charge in [0.2, 0.25) is 0 Å². The molecule has 2 aliphatic rings. The standard InChI is InChI=1S/C27H28BrNO5/c1-4-33-27(31)24-16(2)29-21-9-6-10-22(30)26(21)25(24)17-11-12-23(32-3)18(13-17)15-34-20-8-5-7-19(28)14-20/h5,7-8,11-14,25,29H,4,6,9-10,15H2,1-3H3/t25-/m0/s1. The minimum atomic E-state index is -0.501. The molecule has 0 bridgehead atoms. The van der Waals surface area contributed by atoms with Gasteiger partial charge in [-0.2, -0.15) is 0 Å². The molecule has 6 nitrogen and oxygen atoms in total. The Morgan fingerprint density at radius 1 is 1.18 bits per heavy atom. The number of allylic oxidation sites excluding steroid dienone is 3. The van der Waals surface area contributed by atoms with Crippen LogP contribution in [0.1, 0.15) is 50.2 Å². The van der Waals surface area contributed by atoms with E-state index < -0.39 is 11.9 Å². The highest BCUT2D eigenvalue weighted by Gasteiger charge is 2.39. The first-order valence-corrected chi connectivity index (χ1v) is 12.2. The van der Waals surface area contributed by atoms with Crippen molar-refractivity contribution in [2.24, 2.45) is 0 Å². The zero-order valence-electron chi connectivity index (χ0n) is 19.6. The molecule has 0 saturated carbocycles. The van der Waals surface area contributed by atoms with E-state index in [0.717, 1.165) is 45.6 Å². The molecule has 1 atom stereocenters. The maximum Gasteiger partial charge on any atom is 0.336 e. The van der Waals surface area contributed by atoms with Gasteiger partial charge in [0.15, 0.2) is 5.78 Å². The summed E-state index contributed by atoms with van der Waals surface area (Å²) < 4.78 is 17.9. The van der Waals surface area contributed by atoms with Crippen LogP contribution < -0.4 is 14.8 Å². The highest BCUT2D eigenvalue weighted by molar-refractivity contribution is 9.10. The Bertz CT molecular complexity index is 1180. The third-order valence-corrected chi connectivity index (χ3v) is 6.59. The number of ether oxygens (including phenoxy) is 3. The van der Waals surface area contributed by atoms with E-state index in [1.807, 2.05) is 49.4 Å². The van der Waals surface area contributed by atoms with Gasteiger partial charge in [0.1, 0.15) is 18.1 Å². The minimum Gasteiger partial charge on any atom is -0.496 e. The first-order chi connectivity index (χ1) is 16.4. The molecule has 0 aromatic heterocycles. The fraction of sp³-hybridized carbons (Fsp3) is 0.333. The molecule has 1 N–H and O–H groups in total. The van der Waals surface area contributed by atoms with Crippen LogP contribution in [0.5, 0.6) is 11.5 Å². The third-order valence-electron chi connectivity index (χ3n) is 6.10. The van der Waals surface area contributed by atoms with Crippen molar-refractivity contribution in [3.8, 4) is 11.5 Å². The molecule has 1 aliphatic carbocycles. The number of methoxy groups -OCH3 is 1. The first kappa shape index (κ1) is 24.1. The number of Topliss-reactive ketones (excluding diaryl/α,β-unsaturated/α-hetero) is 1. The van der Waals surface area contributed by atoms with Crippen LogP contribution in [-0.2, 0) is 20.9 Å². The predicted molar refractivity (Wildman–Crippen MR) is 133 cm³/mol. The normalized spacial score (nSPS) is 17.8. The SMILES string of the molecule is CCOC(=O)C1=C(C)NC2=C(C(=O)CCC2)[C@H]1c1ccc(OC)c(COc2cccc(Br)c2)c1. The van der Waals surface area contributed by atoms with Gasteiger partial charge >= 0.3 is 5.97 Å². The summed E-state index contributed by atoms with van der Waals surface area (Å²) >= 11 is 3.46. The maximum atomic E-state index is 13.1. The van der Waals surface area contributed by atoms with Crippen LogP contribution in [0.4, 0.5) is 0 Å². The Labute approximate surface area is 208 Å². The molecule has 0 saturated heterocycles.